The summed E-state index contributed by atoms with van der Waals surface area (Å²) in [6.45, 7) is 0. The van der Waals surface area contributed by atoms with Crippen LogP contribution >= 0.6 is 0 Å². The minimum Gasteiger partial charge on any atom is -0.294 e. The van der Waals surface area contributed by atoms with Crippen LogP contribution in [0.2, 0.25) is 0 Å². The van der Waals surface area contributed by atoms with Crippen molar-refractivity contribution in [3.8, 4) is 45.3 Å². The summed E-state index contributed by atoms with van der Waals surface area (Å²) in [6.07, 6.45) is 0. The van der Waals surface area contributed by atoms with Crippen molar-refractivity contribution in [1.29, 1.82) is 0 Å². The van der Waals surface area contributed by atoms with Crippen molar-refractivity contribution in [2.45, 2.75) is 5.41 Å². The summed E-state index contributed by atoms with van der Waals surface area (Å²) in [5, 5.41) is 4.79. The molecule has 0 amide bonds. The van der Waals surface area contributed by atoms with Crippen LogP contribution in [0.15, 0.2) is 194 Å². The summed E-state index contributed by atoms with van der Waals surface area (Å²) in [5.74, 6) is 2.33. The molecule has 2 aliphatic rings. The van der Waals surface area contributed by atoms with Crippen molar-refractivity contribution >= 4 is 43.6 Å². The first-order valence-corrected chi connectivity index (χ1v) is 19.6. The fraction of sp³-hybridized carbons (Fsp3) is 0.0189. The molecule has 0 saturated heterocycles. The number of rotatable bonds is 3. The highest BCUT2D eigenvalue weighted by Crippen LogP contribution is 2.63. The second-order valence-electron chi connectivity index (χ2n) is 15.3. The van der Waals surface area contributed by atoms with Gasteiger partial charge in [0.1, 0.15) is 11.6 Å². The van der Waals surface area contributed by atoms with Crippen LogP contribution in [0.25, 0.3) is 88.9 Å². The SMILES string of the molecule is c1ccc(-c2nc(-n3c4ccccc4c4ccccc43)cc(-n3c4ccccc4c4cc5c(cc43)C3(c4ccccc4-c4ccccc43)c3ccccc3-5)n2)cc1. The average molecular weight is 725 g/mol. The van der Waals surface area contributed by atoms with E-state index in [1.807, 2.05) is 6.07 Å². The Labute approximate surface area is 328 Å². The lowest BCUT2D eigenvalue weighted by Crippen LogP contribution is -2.25. The molecule has 57 heavy (non-hydrogen) atoms. The lowest BCUT2D eigenvalue weighted by atomic mass is 9.70. The molecule has 0 atom stereocenters. The Morgan fingerprint density at radius 1 is 0.316 bits per heavy atom. The molecule has 0 unspecified atom stereocenters. The summed E-state index contributed by atoms with van der Waals surface area (Å²) < 4.78 is 4.67. The van der Waals surface area contributed by atoms with Crippen LogP contribution in [0, 0.1) is 0 Å². The van der Waals surface area contributed by atoms with Crippen LogP contribution < -0.4 is 0 Å². The van der Waals surface area contributed by atoms with Gasteiger partial charge in [-0.05, 0) is 74.8 Å². The molecule has 11 aromatic rings. The summed E-state index contributed by atoms with van der Waals surface area (Å²) >= 11 is 0. The number of para-hydroxylation sites is 3. The lowest BCUT2D eigenvalue weighted by Gasteiger charge is -2.30. The van der Waals surface area contributed by atoms with Gasteiger partial charge in [-0.15, -0.1) is 0 Å². The Balaban J connectivity index is 1.16. The molecule has 3 aromatic heterocycles. The minimum atomic E-state index is -0.455. The van der Waals surface area contributed by atoms with Crippen LogP contribution in [0.1, 0.15) is 22.3 Å². The van der Waals surface area contributed by atoms with Crippen molar-refractivity contribution in [1.82, 2.24) is 19.1 Å². The van der Waals surface area contributed by atoms with Crippen molar-refractivity contribution in [3.63, 3.8) is 0 Å². The molecule has 13 rings (SSSR count). The van der Waals surface area contributed by atoms with Crippen molar-refractivity contribution in [2.75, 3.05) is 0 Å². The Kier molecular flexibility index (Phi) is 6.07. The van der Waals surface area contributed by atoms with E-state index in [9.17, 15) is 0 Å². The van der Waals surface area contributed by atoms with Gasteiger partial charge in [-0.25, -0.2) is 9.97 Å². The van der Waals surface area contributed by atoms with E-state index in [0.29, 0.717) is 5.82 Å². The Morgan fingerprint density at radius 3 is 1.28 bits per heavy atom. The third-order valence-electron chi connectivity index (χ3n) is 12.6. The second-order valence-corrected chi connectivity index (χ2v) is 15.3. The molecule has 4 heteroatoms. The predicted molar refractivity (Wildman–Crippen MR) is 232 cm³/mol. The maximum absolute atomic E-state index is 5.45. The lowest BCUT2D eigenvalue weighted by molar-refractivity contribution is 0.794. The molecule has 0 bridgehead atoms. The second kappa shape index (κ2) is 11.2. The van der Waals surface area contributed by atoms with Gasteiger partial charge < -0.3 is 0 Å². The molecule has 0 radical (unpaired) electrons. The highest BCUT2D eigenvalue weighted by atomic mass is 15.1. The number of aromatic nitrogens is 4. The quantitative estimate of drug-likeness (QED) is 0.182. The normalized spacial score (nSPS) is 13.4. The highest BCUT2D eigenvalue weighted by Gasteiger charge is 2.51. The fourth-order valence-corrected chi connectivity index (χ4v) is 10.3. The molecule has 3 heterocycles. The Hall–Kier alpha value is -7.56. The highest BCUT2D eigenvalue weighted by molar-refractivity contribution is 6.13. The van der Waals surface area contributed by atoms with E-state index < -0.39 is 5.41 Å². The molecule has 0 N–H and O–H groups in total. The number of hydrogen-bond donors (Lipinski definition) is 0. The molecule has 4 nitrogen and oxygen atoms in total. The van der Waals surface area contributed by atoms with Crippen molar-refractivity contribution in [2.24, 2.45) is 0 Å². The predicted octanol–water partition coefficient (Wildman–Crippen LogP) is 12.7. The first kappa shape index (κ1) is 30.7. The van der Waals surface area contributed by atoms with Gasteiger partial charge in [0.2, 0.25) is 0 Å². The molecule has 1 spiro atoms. The van der Waals surface area contributed by atoms with Crippen LogP contribution in [-0.2, 0) is 5.41 Å². The van der Waals surface area contributed by atoms with Crippen molar-refractivity contribution < 1.29 is 0 Å². The van der Waals surface area contributed by atoms with Gasteiger partial charge in [-0.1, -0.05) is 158 Å². The van der Waals surface area contributed by atoms with Crippen LogP contribution in [0.3, 0.4) is 0 Å². The molecule has 8 aromatic carbocycles. The van der Waals surface area contributed by atoms with E-state index in [1.54, 1.807) is 0 Å². The monoisotopic (exact) mass is 724 g/mol. The van der Waals surface area contributed by atoms with Gasteiger partial charge in [-0.3, -0.25) is 9.13 Å². The van der Waals surface area contributed by atoms with Gasteiger partial charge in [0.25, 0.3) is 0 Å². The molecule has 0 saturated carbocycles. The summed E-state index contributed by atoms with van der Waals surface area (Å²) in [6, 6.07) is 70.5. The Morgan fingerprint density at radius 2 is 0.737 bits per heavy atom. The van der Waals surface area contributed by atoms with E-state index in [-0.39, 0.29) is 0 Å². The summed E-state index contributed by atoms with van der Waals surface area (Å²) in [4.78, 5) is 10.8. The maximum Gasteiger partial charge on any atom is 0.163 e. The van der Waals surface area contributed by atoms with Gasteiger partial charge in [-0.2, -0.15) is 0 Å². The Bertz CT molecular complexity index is 3380. The molecule has 0 aliphatic heterocycles. The zero-order valence-corrected chi connectivity index (χ0v) is 30.8. The molecular formula is C53H32N4. The average Bonchev–Trinajstić information content (AvgIpc) is 3.98. The van der Waals surface area contributed by atoms with Gasteiger partial charge in [0.15, 0.2) is 5.82 Å². The van der Waals surface area contributed by atoms with Crippen LogP contribution in [0.4, 0.5) is 0 Å². The topological polar surface area (TPSA) is 35.6 Å². The van der Waals surface area contributed by atoms with Gasteiger partial charge in [0.05, 0.1) is 27.5 Å². The third-order valence-corrected chi connectivity index (χ3v) is 12.6. The third kappa shape index (κ3) is 3.96. The first-order valence-electron chi connectivity index (χ1n) is 19.6. The summed E-state index contributed by atoms with van der Waals surface area (Å²) in [7, 11) is 0. The molecular weight excluding hydrogens is 693 g/mol. The zero-order valence-electron chi connectivity index (χ0n) is 30.8. The van der Waals surface area contributed by atoms with E-state index >= 15 is 0 Å². The molecule has 0 fully saturated rings. The summed E-state index contributed by atoms with van der Waals surface area (Å²) in [5.41, 5.74) is 15.5. The minimum absolute atomic E-state index is 0.455. The van der Waals surface area contributed by atoms with Gasteiger partial charge >= 0.3 is 0 Å². The number of fused-ring (bicyclic) bond motifs is 16. The van der Waals surface area contributed by atoms with E-state index in [2.05, 4.69) is 197 Å². The largest absolute Gasteiger partial charge is 0.294 e. The van der Waals surface area contributed by atoms with E-state index in [4.69, 9.17) is 9.97 Å². The van der Waals surface area contributed by atoms with Gasteiger partial charge in [0, 0.05) is 33.2 Å². The molecule has 2 aliphatic carbocycles. The first-order chi connectivity index (χ1) is 28.3. The van der Waals surface area contributed by atoms with E-state index in [0.717, 1.165) is 39.3 Å². The van der Waals surface area contributed by atoms with Crippen molar-refractivity contribution in [3.05, 3.63) is 216 Å². The maximum atomic E-state index is 5.45. The fourth-order valence-electron chi connectivity index (χ4n) is 10.3. The molecule has 264 valence electrons. The number of hydrogen-bond acceptors (Lipinski definition) is 2. The van der Waals surface area contributed by atoms with E-state index in [1.165, 1.54) is 66.1 Å². The standard InChI is InChI=1S/C53H32N4/c1-2-16-33(17-3-1)52-54-50(56-46-27-13-7-21-37(46)38-22-8-14-28-47(38)56)32-51(55-52)57-48-29-15-9-23-39(48)41-30-40-36-20-6-12-26-44(36)53(45(40)31-49(41)57)42-24-10-4-18-34(42)35-19-5-11-25-43(35)53/h1-32H. The number of nitrogens with zero attached hydrogens (tertiary/aromatic N) is 4. The smallest absolute Gasteiger partial charge is 0.163 e. The van der Waals surface area contributed by atoms with Crippen LogP contribution in [-0.4, -0.2) is 19.1 Å². The zero-order chi connectivity index (χ0) is 37.2. The number of benzene rings is 8. The van der Waals surface area contributed by atoms with Crippen LogP contribution in [0.5, 0.6) is 0 Å².